The van der Waals surface area contributed by atoms with Crippen LogP contribution in [0.2, 0.25) is 0 Å². The summed E-state index contributed by atoms with van der Waals surface area (Å²) in [7, 11) is 0. The van der Waals surface area contributed by atoms with Crippen LogP contribution in [0.3, 0.4) is 0 Å². The lowest BCUT2D eigenvalue weighted by atomic mass is 10.2. The third kappa shape index (κ3) is 1.17. The van der Waals surface area contributed by atoms with Crippen LogP contribution in [0.4, 0.5) is 19.0 Å². The predicted octanol–water partition coefficient (Wildman–Crippen LogP) is 1.56. The summed E-state index contributed by atoms with van der Waals surface area (Å²) >= 11 is 0. The van der Waals surface area contributed by atoms with Crippen LogP contribution in [-0.4, -0.2) is 15.0 Å². The Morgan fingerprint density at radius 2 is 2.00 bits per heavy atom. The van der Waals surface area contributed by atoms with Crippen molar-refractivity contribution < 1.29 is 13.2 Å². The number of nitrogens with one attached hydrogen (secondary N) is 1. The molecule has 0 bridgehead atoms. The summed E-state index contributed by atoms with van der Waals surface area (Å²) in [6, 6.07) is 0. The zero-order valence-corrected chi connectivity index (χ0v) is 6.76. The smallest absolute Gasteiger partial charge is 0.382 e. The Morgan fingerprint density at radius 3 is 2.64 bits per heavy atom. The van der Waals surface area contributed by atoms with Gasteiger partial charge in [0, 0.05) is 6.20 Å². The van der Waals surface area contributed by atoms with Crippen LogP contribution in [0.15, 0.2) is 12.5 Å². The second kappa shape index (κ2) is 2.60. The van der Waals surface area contributed by atoms with Gasteiger partial charge < -0.3 is 10.7 Å². The summed E-state index contributed by atoms with van der Waals surface area (Å²) in [5.41, 5.74) is 4.38. The van der Waals surface area contributed by atoms with Gasteiger partial charge in [-0.1, -0.05) is 0 Å². The first-order valence-corrected chi connectivity index (χ1v) is 3.65. The van der Waals surface area contributed by atoms with Crippen molar-refractivity contribution >= 4 is 16.9 Å². The van der Waals surface area contributed by atoms with Crippen LogP contribution in [0.5, 0.6) is 0 Å². The number of anilines is 1. The van der Waals surface area contributed by atoms with Crippen LogP contribution in [0.1, 0.15) is 5.56 Å². The van der Waals surface area contributed by atoms with Gasteiger partial charge in [-0.2, -0.15) is 13.2 Å². The molecule has 0 unspecified atom stereocenters. The molecule has 0 atom stereocenters. The lowest BCUT2D eigenvalue weighted by molar-refractivity contribution is -0.136. The number of nitrogens with two attached hydrogens (primary N) is 1. The van der Waals surface area contributed by atoms with E-state index >= 15 is 0 Å². The maximum absolute atomic E-state index is 12.4. The molecule has 0 spiro atoms. The topological polar surface area (TPSA) is 67.6 Å². The van der Waals surface area contributed by atoms with Crippen LogP contribution in [-0.2, 0) is 6.18 Å². The highest BCUT2D eigenvalue weighted by Crippen LogP contribution is 2.33. The number of alkyl halides is 3. The molecule has 0 aliphatic heterocycles. The van der Waals surface area contributed by atoms with Crippen LogP contribution in [0.25, 0.3) is 11.0 Å². The summed E-state index contributed by atoms with van der Waals surface area (Å²) in [4.78, 5) is 9.48. The van der Waals surface area contributed by atoms with E-state index in [1.807, 2.05) is 0 Å². The van der Waals surface area contributed by atoms with E-state index in [0.717, 1.165) is 6.33 Å². The van der Waals surface area contributed by atoms with E-state index < -0.39 is 11.7 Å². The number of hydrogen-bond acceptors (Lipinski definition) is 3. The molecule has 0 saturated carbocycles. The molecule has 0 aromatic carbocycles. The zero-order chi connectivity index (χ0) is 10.3. The zero-order valence-electron chi connectivity index (χ0n) is 6.76. The standard InChI is InChI=1S/C7H5F3N4/c8-7(9,10)3-1-12-6(11)5-4(3)13-2-14-5/h1-2H,(H2,11,12)(H,13,14). The molecule has 2 aromatic heterocycles. The average Bonchev–Trinajstić information content (AvgIpc) is 2.50. The number of aromatic nitrogens is 3. The number of hydrogen-bond donors (Lipinski definition) is 2. The fraction of sp³-hybridized carbons (Fsp3) is 0.143. The molecule has 7 heteroatoms. The first-order valence-electron chi connectivity index (χ1n) is 3.65. The monoisotopic (exact) mass is 202 g/mol. The van der Waals surface area contributed by atoms with Gasteiger partial charge in [-0.15, -0.1) is 0 Å². The Bertz CT molecular complexity index is 473. The average molecular weight is 202 g/mol. The predicted molar refractivity (Wildman–Crippen MR) is 43.3 cm³/mol. The van der Waals surface area contributed by atoms with E-state index in [1.54, 1.807) is 0 Å². The van der Waals surface area contributed by atoms with E-state index in [0.29, 0.717) is 6.20 Å². The van der Waals surface area contributed by atoms with Gasteiger partial charge in [0.05, 0.1) is 6.33 Å². The second-order valence-corrected chi connectivity index (χ2v) is 2.68. The largest absolute Gasteiger partial charge is 0.420 e. The molecule has 2 heterocycles. The maximum atomic E-state index is 12.4. The van der Waals surface area contributed by atoms with Gasteiger partial charge in [-0.25, -0.2) is 9.97 Å². The Hall–Kier alpha value is -1.79. The van der Waals surface area contributed by atoms with E-state index in [4.69, 9.17) is 5.73 Å². The molecular weight excluding hydrogens is 197 g/mol. The van der Waals surface area contributed by atoms with Gasteiger partial charge in [0.25, 0.3) is 0 Å². The number of nitrogens with zero attached hydrogens (tertiary/aromatic N) is 2. The number of fused-ring (bicyclic) bond motifs is 1. The van der Waals surface area contributed by atoms with Gasteiger partial charge in [-0.3, -0.25) is 0 Å². The van der Waals surface area contributed by atoms with Gasteiger partial charge in [-0.05, 0) is 0 Å². The molecule has 4 nitrogen and oxygen atoms in total. The van der Waals surface area contributed by atoms with Crippen molar-refractivity contribution in [2.45, 2.75) is 6.18 Å². The molecule has 74 valence electrons. The third-order valence-corrected chi connectivity index (χ3v) is 1.79. The Morgan fingerprint density at radius 1 is 1.29 bits per heavy atom. The summed E-state index contributed by atoms with van der Waals surface area (Å²) < 4.78 is 37.2. The molecule has 2 aromatic rings. The first-order chi connectivity index (χ1) is 6.50. The van der Waals surface area contributed by atoms with Crippen molar-refractivity contribution in [3.05, 3.63) is 18.1 Å². The summed E-state index contributed by atoms with van der Waals surface area (Å²) in [5, 5.41) is 0. The molecular formula is C7H5F3N4. The number of halogens is 3. The summed E-state index contributed by atoms with van der Waals surface area (Å²) in [6.07, 6.45) is -2.63. The molecule has 0 radical (unpaired) electrons. The number of aromatic amines is 1. The summed E-state index contributed by atoms with van der Waals surface area (Å²) in [5.74, 6) is 0.00509. The minimum Gasteiger partial charge on any atom is -0.382 e. The molecule has 0 fully saturated rings. The highest BCUT2D eigenvalue weighted by molar-refractivity contribution is 5.86. The van der Waals surface area contributed by atoms with Crippen molar-refractivity contribution in [1.82, 2.24) is 15.0 Å². The number of rotatable bonds is 0. The molecule has 14 heavy (non-hydrogen) atoms. The number of imidazole rings is 1. The molecule has 0 saturated heterocycles. The van der Waals surface area contributed by atoms with E-state index in [-0.39, 0.29) is 16.9 Å². The van der Waals surface area contributed by atoms with Crippen LogP contribution < -0.4 is 5.73 Å². The third-order valence-electron chi connectivity index (χ3n) is 1.79. The maximum Gasteiger partial charge on any atom is 0.420 e. The lowest BCUT2D eigenvalue weighted by Crippen LogP contribution is -2.07. The molecule has 0 aliphatic rings. The normalized spacial score (nSPS) is 12.2. The Balaban J connectivity index is 2.80. The fourth-order valence-corrected chi connectivity index (χ4v) is 1.16. The van der Waals surface area contributed by atoms with Crippen LogP contribution >= 0.6 is 0 Å². The number of nitrogen functional groups attached to an aromatic ring is 1. The van der Waals surface area contributed by atoms with Gasteiger partial charge in [0.1, 0.15) is 22.4 Å². The van der Waals surface area contributed by atoms with Crippen molar-refractivity contribution in [2.24, 2.45) is 0 Å². The van der Waals surface area contributed by atoms with E-state index in [1.165, 1.54) is 0 Å². The lowest BCUT2D eigenvalue weighted by Gasteiger charge is -2.06. The van der Waals surface area contributed by atoms with Gasteiger partial charge in [0.15, 0.2) is 0 Å². The quantitative estimate of drug-likeness (QED) is 0.681. The van der Waals surface area contributed by atoms with Gasteiger partial charge >= 0.3 is 6.18 Å². The highest BCUT2D eigenvalue weighted by Gasteiger charge is 2.34. The first kappa shape index (κ1) is 8.79. The second-order valence-electron chi connectivity index (χ2n) is 2.68. The highest BCUT2D eigenvalue weighted by atomic mass is 19.4. The molecule has 2 rings (SSSR count). The molecule has 0 aliphatic carbocycles. The number of H-pyrrole nitrogens is 1. The van der Waals surface area contributed by atoms with Crippen molar-refractivity contribution in [2.75, 3.05) is 5.73 Å². The van der Waals surface area contributed by atoms with Crippen molar-refractivity contribution in [1.29, 1.82) is 0 Å². The fourth-order valence-electron chi connectivity index (χ4n) is 1.16. The van der Waals surface area contributed by atoms with Gasteiger partial charge in [0.2, 0.25) is 0 Å². The Kier molecular flexibility index (Phi) is 1.63. The van der Waals surface area contributed by atoms with Crippen LogP contribution in [0, 0.1) is 0 Å². The minimum absolute atomic E-state index is 0.00509. The summed E-state index contributed by atoms with van der Waals surface area (Å²) in [6.45, 7) is 0. The van der Waals surface area contributed by atoms with Crippen molar-refractivity contribution in [3.63, 3.8) is 0 Å². The molecule has 3 N–H and O–H groups in total. The minimum atomic E-state index is -4.46. The van der Waals surface area contributed by atoms with Crippen molar-refractivity contribution in [3.8, 4) is 0 Å². The van der Waals surface area contributed by atoms with E-state index in [9.17, 15) is 13.2 Å². The number of pyridine rings is 1. The van der Waals surface area contributed by atoms with E-state index in [2.05, 4.69) is 15.0 Å². The SMILES string of the molecule is Nc1ncc(C(F)(F)F)c2nc[nH]c12. The molecule has 0 amide bonds. The Labute approximate surface area is 76.0 Å².